The molecule has 1 heterocycles. The number of nitrogens with one attached hydrogen (secondary N) is 1. The first kappa shape index (κ1) is 14.7. The molecule has 0 unspecified atom stereocenters. The van der Waals surface area contributed by atoms with Gasteiger partial charge in [-0.15, -0.1) is 0 Å². The molecule has 7 heteroatoms. The third kappa shape index (κ3) is 4.99. The second kappa shape index (κ2) is 7.94. The number of hydrogen-bond acceptors (Lipinski definition) is 6. The molecular formula is C9H16N2O5. The molecule has 92 valence electrons. The van der Waals surface area contributed by atoms with Crippen LogP contribution in [-0.4, -0.2) is 56.8 Å². The van der Waals surface area contributed by atoms with Crippen LogP contribution in [-0.2, 0) is 0 Å². The number of hydrogen-bond donors (Lipinski definition) is 5. The SMILES string of the molecule is O=c1nccc[nH]1.OCC(CO)(CO)CO. The highest BCUT2D eigenvalue weighted by molar-refractivity contribution is 4.75. The zero-order valence-electron chi connectivity index (χ0n) is 8.70. The van der Waals surface area contributed by atoms with Crippen LogP contribution in [0.25, 0.3) is 0 Å². The van der Waals surface area contributed by atoms with Gasteiger partial charge in [0.2, 0.25) is 0 Å². The second-order valence-electron chi connectivity index (χ2n) is 3.22. The zero-order valence-corrected chi connectivity index (χ0v) is 8.70. The number of nitrogens with zero attached hydrogens (tertiary/aromatic N) is 1. The molecule has 1 rings (SSSR count). The molecule has 1 aromatic heterocycles. The summed E-state index contributed by atoms with van der Waals surface area (Å²) in [7, 11) is 0. The summed E-state index contributed by atoms with van der Waals surface area (Å²) in [6.45, 7) is -1.62. The van der Waals surface area contributed by atoms with Crippen molar-refractivity contribution in [1.29, 1.82) is 0 Å². The van der Waals surface area contributed by atoms with Gasteiger partial charge in [0, 0.05) is 12.4 Å². The predicted octanol–water partition coefficient (Wildman–Crippen LogP) is -2.29. The molecule has 1 aromatic rings. The van der Waals surface area contributed by atoms with Crippen molar-refractivity contribution in [2.45, 2.75) is 0 Å². The summed E-state index contributed by atoms with van der Waals surface area (Å²) in [6, 6.07) is 1.65. The Kier molecular flexibility index (Phi) is 7.31. The van der Waals surface area contributed by atoms with Gasteiger partial charge in [-0.3, -0.25) is 0 Å². The molecule has 0 radical (unpaired) electrons. The summed E-state index contributed by atoms with van der Waals surface area (Å²) in [6.07, 6.45) is 2.98. The first-order chi connectivity index (χ1) is 7.64. The molecule has 0 aliphatic heterocycles. The Hall–Kier alpha value is -1.28. The van der Waals surface area contributed by atoms with Gasteiger partial charge in [0.1, 0.15) is 0 Å². The fourth-order valence-electron chi connectivity index (χ4n) is 0.610. The Balaban J connectivity index is 0.000000288. The van der Waals surface area contributed by atoms with Gasteiger partial charge in [0.15, 0.2) is 0 Å². The first-order valence-corrected chi connectivity index (χ1v) is 4.57. The quantitative estimate of drug-likeness (QED) is 0.398. The van der Waals surface area contributed by atoms with E-state index < -0.39 is 31.8 Å². The Labute approximate surface area is 92.0 Å². The van der Waals surface area contributed by atoms with Gasteiger partial charge in [-0.25, -0.2) is 9.78 Å². The van der Waals surface area contributed by atoms with E-state index in [1.807, 2.05) is 0 Å². The monoisotopic (exact) mass is 232 g/mol. The molecule has 0 fully saturated rings. The summed E-state index contributed by atoms with van der Waals surface area (Å²) >= 11 is 0. The predicted molar refractivity (Wildman–Crippen MR) is 55.6 cm³/mol. The van der Waals surface area contributed by atoms with E-state index in [2.05, 4.69) is 9.97 Å². The minimum atomic E-state index is -1.11. The summed E-state index contributed by atoms with van der Waals surface area (Å²) in [4.78, 5) is 15.8. The molecule has 7 nitrogen and oxygen atoms in total. The average molecular weight is 232 g/mol. The topological polar surface area (TPSA) is 127 Å². The normalized spacial score (nSPS) is 10.5. The number of H-pyrrole nitrogens is 1. The standard InChI is InChI=1S/C5H12O4.C4H4N2O/c6-1-5(2-7,3-8)4-9;7-4-5-2-1-3-6-4/h6-9H,1-4H2;1-3H,(H,5,6,7). The zero-order chi connectivity index (χ0) is 12.4. The molecule has 0 saturated carbocycles. The molecule has 0 aliphatic carbocycles. The second-order valence-corrected chi connectivity index (χ2v) is 3.22. The summed E-state index contributed by atoms with van der Waals surface area (Å²) in [5.74, 6) is 0. The van der Waals surface area contributed by atoms with Crippen molar-refractivity contribution >= 4 is 0 Å². The van der Waals surface area contributed by atoms with E-state index in [1.165, 1.54) is 12.4 Å². The summed E-state index contributed by atoms with van der Waals surface area (Å²) in [5, 5.41) is 34.0. The number of rotatable bonds is 4. The van der Waals surface area contributed by atoms with Crippen LogP contribution in [0.3, 0.4) is 0 Å². The van der Waals surface area contributed by atoms with E-state index in [1.54, 1.807) is 6.07 Å². The molecule has 5 N–H and O–H groups in total. The van der Waals surface area contributed by atoms with Crippen LogP contribution < -0.4 is 5.69 Å². The maximum Gasteiger partial charge on any atom is 0.344 e. The van der Waals surface area contributed by atoms with Crippen molar-refractivity contribution < 1.29 is 20.4 Å². The Morgan fingerprint density at radius 2 is 1.62 bits per heavy atom. The lowest BCUT2D eigenvalue weighted by Gasteiger charge is -2.23. The van der Waals surface area contributed by atoms with E-state index in [-0.39, 0.29) is 5.69 Å². The largest absolute Gasteiger partial charge is 0.396 e. The first-order valence-electron chi connectivity index (χ1n) is 4.57. The van der Waals surface area contributed by atoms with Crippen molar-refractivity contribution in [2.24, 2.45) is 5.41 Å². The van der Waals surface area contributed by atoms with Crippen LogP contribution >= 0.6 is 0 Å². The van der Waals surface area contributed by atoms with Crippen molar-refractivity contribution in [3.8, 4) is 0 Å². The van der Waals surface area contributed by atoms with Crippen LogP contribution in [0.1, 0.15) is 0 Å². The Morgan fingerprint density at radius 3 is 1.75 bits per heavy atom. The maximum atomic E-state index is 10.1. The van der Waals surface area contributed by atoms with Gasteiger partial charge in [-0.05, 0) is 6.07 Å². The van der Waals surface area contributed by atoms with Gasteiger partial charge in [-0.2, -0.15) is 0 Å². The van der Waals surface area contributed by atoms with E-state index in [9.17, 15) is 4.79 Å². The highest BCUT2D eigenvalue weighted by Crippen LogP contribution is 2.11. The Bertz CT molecular complexity index is 289. The van der Waals surface area contributed by atoms with E-state index in [0.29, 0.717) is 0 Å². The summed E-state index contributed by atoms with van der Waals surface area (Å²) in [5.41, 5.74) is -1.41. The highest BCUT2D eigenvalue weighted by atomic mass is 16.3. The molecule has 0 bridgehead atoms. The summed E-state index contributed by atoms with van der Waals surface area (Å²) < 4.78 is 0. The van der Waals surface area contributed by atoms with Crippen molar-refractivity contribution in [3.05, 3.63) is 28.9 Å². The molecular weight excluding hydrogens is 216 g/mol. The van der Waals surface area contributed by atoms with Gasteiger partial charge in [-0.1, -0.05) is 0 Å². The van der Waals surface area contributed by atoms with Gasteiger partial charge >= 0.3 is 5.69 Å². The lowest BCUT2D eigenvalue weighted by molar-refractivity contribution is -0.0328. The van der Waals surface area contributed by atoms with Gasteiger partial charge in [0.05, 0.1) is 31.8 Å². The van der Waals surface area contributed by atoms with Crippen LogP contribution in [0.5, 0.6) is 0 Å². The molecule has 0 amide bonds. The molecule has 0 atom stereocenters. The van der Waals surface area contributed by atoms with Gasteiger partial charge < -0.3 is 25.4 Å². The van der Waals surface area contributed by atoms with Gasteiger partial charge in [0.25, 0.3) is 0 Å². The number of aliphatic hydroxyl groups excluding tert-OH is 4. The van der Waals surface area contributed by atoms with Crippen LogP contribution in [0.2, 0.25) is 0 Å². The third-order valence-electron chi connectivity index (χ3n) is 1.92. The van der Waals surface area contributed by atoms with E-state index in [0.717, 1.165) is 0 Å². The Morgan fingerprint density at radius 1 is 1.12 bits per heavy atom. The van der Waals surface area contributed by atoms with E-state index >= 15 is 0 Å². The molecule has 0 aliphatic rings. The molecule has 16 heavy (non-hydrogen) atoms. The maximum absolute atomic E-state index is 10.1. The van der Waals surface area contributed by atoms with E-state index in [4.69, 9.17) is 20.4 Å². The van der Waals surface area contributed by atoms with Crippen LogP contribution in [0.15, 0.2) is 23.3 Å². The average Bonchev–Trinajstić information content (AvgIpc) is 2.35. The minimum Gasteiger partial charge on any atom is -0.396 e. The highest BCUT2D eigenvalue weighted by Gasteiger charge is 2.26. The molecule has 0 spiro atoms. The molecule has 0 saturated heterocycles. The fourth-order valence-corrected chi connectivity index (χ4v) is 0.610. The van der Waals surface area contributed by atoms with Crippen molar-refractivity contribution in [2.75, 3.05) is 26.4 Å². The van der Waals surface area contributed by atoms with Crippen molar-refractivity contribution in [3.63, 3.8) is 0 Å². The lowest BCUT2D eigenvalue weighted by Crippen LogP contribution is -2.37. The number of aliphatic hydroxyl groups is 4. The fraction of sp³-hybridized carbons (Fsp3) is 0.556. The van der Waals surface area contributed by atoms with Crippen LogP contribution in [0, 0.1) is 5.41 Å². The smallest absolute Gasteiger partial charge is 0.344 e. The lowest BCUT2D eigenvalue weighted by atomic mass is 9.93. The number of aromatic amines is 1. The number of aromatic nitrogens is 2. The van der Waals surface area contributed by atoms with Crippen molar-refractivity contribution in [1.82, 2.24) is 9.97 Å². The third-order valence-corrected chi connectivity index (χ3v) is 1.92. The molecule has 0 aromatic carbocycles. The minimum absolute atomic E-state index is 0.303. The van der Waals surface area contributed by atoms with Crippen LogP contribution in [0.4, 0.5) is 0 Å².